The molecule has 0 atom stereocenters. The van der Waals surface area contributed by atoms with Gasteiger partial charge in [-0.15, -0.1) is 0 Å². The van der Waals surface area contributed by atoms with Crippen LogP contribution in [-0.2, 0) is 10.0 Å². The van der Waals surface area contributed by atoms with Crippen LogP contribution >= 0.6 is 22.6 Å². The number of rotatable bonds is 5. The Labute approximate surface area is 151 Å². The number of amides is 1. The number of carbonyl (C=O) groups is 1. The van der Waals surface area contributed by atoms with Crippen LogP contribution in [0.3, 0.4) is 0 Å². The molecule has 0 bridgehead atoms. The number of nitrogens with one attached hydrogen (secondary N) is 1. The van der Waals surface area contributed by atoms with E-state index in [0.717, 1.165) is 15.7 Å². The molecule has 0 spiro atoms. The van der Waals surface area contributed by atoms with Gasteiger partial charge in [-0.3, -0.25) is 14.9 Å². The zero-order chi connectivity index (χ0) is 17.9. The molecule has 2 rings (SSSR count). The van der Waals surface area contributed by atoms with E-state index in [1.54, 1.807) is 12.1 Å². The third-order valence-corrected chi connectivity index (χ3v) is 5.02. The molecule has 8 nitrogen and oxygen atoms in total. The molecule has 0 saturated carbocycles. The molecule has 0 radical (unpaired) electrons. The van der Waals surface area contributed by atoms with Crippen LogP contribution in [0.2, 0.25) is 0 Å². The van der Waals surface area contributed by atoms with Gasteiger partial charge in [0.15, 0.2) is 4.90 Å². The van der Waals surface area contributed by atoms with Gasteiger partial charge in [0, 0.05) is 9.13 Å². The lowest BCUT2D eigenvalue weighted by Crippen LogP contribution is -2.31. The number of sulfonamides is 1. The average Bonchev–Trinajstić information content (AvgIpc) is 2.53. The molecule has 0 fully saturated rings. The lowest BCUT2D eigenvalue weighted by atomic mass is 10.2. The van der Waals surface area contributed by atoms with Gasteiger partial charge in [-0.1, -0.05) is 6.07 Å². The fourth-order valence-electron chi connectivity index (χ4n) is 1.86. The second-order valence-electron chi connectivity index (χ2n) is 4.54. The highest BCUT2D eigenvalue weighted by Crippen LogP contribution is 2.28. The van der Waals surface area contributed by atoms with E-state index in [9.17, 15) is 23.3 Å². The fourth-order valence-corrected chi connectivity index (χ4v) is 3.53. The average molecular weight is 462 g/mol. The Balaban J connectivity index is 2.40. The van der Waals surface area contributed by atoms with Gasteiger partial charge in [0.05, 0.1) is 18.1 Å². The van der Waals surface area contributed by atoms with Crippen molar-refractivity contribution in [1.82, 2.24) is 4.72 Å². The summed E-state index contributed by atoms with van der Waals surface area (Å²) in [7, 11) is -3.12. The van der Waals surface area contributed by atoms with E-state index >= 15 is 0 Å². The summed E-state index contributed by atoms with van der Waals surface area (Å²) in [4.78, 5) is 21.7. The molecule has 1 N–H and O–H groups in total. The third kappa shape index (κ3) is 4.00. The van der Waals surface area contributed by atoms with Crippen LogP contribution in [-0.4, -0.2) is 26.4 Å². The smallest absolute Gasteiger partial charge is 0.293 e. The van der Waals surface area contributed by atoms with Gasteiger partial charge < -0.3 is 4.74 Å². The first-order valence-corrected chi connectivity index (χ1v) is 8.96. The quantitative estimate of drug-likeness (QED) is 0.415. The van der Waals surface area contributed by atoms with Gasteiger partial charge in [0.25, 0.3) is 21.6 Å². The Bertz CT molecular complexity index is 913. The molecule has 1 amide bonds. The predicted octanol–water partition coefficient (Wildman–Crippen LogP) is 2.33. The summed E-state index contributed by atoms with van der Waals surface area (Å²) in [6, 6.07) is 9.52. The van der Waals surface area contributed by atoms with E-state index in [1.165, 1.54) is 25.3 Å². The lowest BCUT2D eigenvalue weighted by Gasteiger charge is -2.09. The highest BCUT2D eigenvalue weighted by atomic mass is 127. The number of methoxy groups -OCH3 is 1. The Morgan fingerprint density at radius 3 is 2.54 bits per heavy atom. The SMILES string of the molecule is COc1ccc(S(=O)(=O)NC(=O)c2cccc(I)c2)c([N+](=O)[O-])c1. The molecule has 0 aliphatic heterocycles. The van der Waals surface area contributed by atoms with E-state index < -0.39 is 31.4 Å². The standard InChI is InChI=1S/C14H11IN2O6S/c1-23-11-5-6-13(12(8-11)17(19)20)24(21,22)16-14(18)9-3-2-4-10(15)7-9/h2-8H,1H3,(H,16,18). The number of nitro benzene ring substituents is 1. The van der Waals surface area contributed by atoms with Gasteiger partial charge in [-0.25, -0.2) is 13.1 Å². The maximum Gasteiger partial charge on any atom is 0.293 e. The van der Waals surface area contributed by atoms with E-state index in [-0.39, 0.29) is 11.3 Å². The number of nitrogens with zero attached hydrogens (tertiary/aromatic N) is 1. The summed E-state index contributed by atoms with van der Waals surface area (Å²) in [6.45, 7) is 0. The van der Waals surface area contributed by atoms with Crippen molar-refractivity contribution in [1.29, 1.82) is 0 Å². The Morgan fingerprint density at radius 2 is 1.96 bits per heavy atom. The van der Waals surface area contributed by atoms with Crippen molar-refractivity contribution >= 4 is 44.2 Å². The fraction of sp³-hybridized carbons (Fsp3) is 0.0714. The first-order valence-electron chi connectivity index (χ1n) is 6.40. The zero-order valence-electron chi connectivity index (χ0n) is 12.2. The molecular formula is C14H11IN2O6S. The molecule has 0 unspecified atom stereocenters. The Kier molecular flexibility index (Phi) is 5.39. The summed E-state index contributed by atoms with van der Waals surface area (Å²) in [5.41, 5.74) is -0.557. The molecular weight excluding hydrogens is 451 g/mol. The van der Waals surface area contributed by atoms with Crippen LogP contribution in [0.25, 0.3) is 0 Å². The Hall–Kier alpha value is -2.21. The van der Waals surface area contributed by atoms with Gasteiger partial charge in [0.2, 0.25) is 0 Å². The number of nitro groups is 1. The molecule has 0 heterocycles. The van der Waals surface area contributed by atoms with Crippen LogP contribution in [0.15, 0.2) is 47.4 Å². The van der Waals surface area contributed by atoms with Gasteiger partial charge in [0.1, 0.15) is 5.75 Å². The number of ether oxygens (including phenoxy) is 1. The van der Waals surface area contributed by atoms with Crippen molar-refractivity contribution in [3.8, 4) is 5.75 Å². The lowest BCUT2D eigenvalue weighted by molar-refractivity contribution is -0.387. The molecule has 2 aromatic carbocycles. The maximum absolute atomic E-state index is 12.3. The summed E-state index contributed by atoms with van der Waals surface area (Å²) in [6.07, 6.45) is 0. The van der Waals surface area contributed by atoms with Crippen molar-refractivity contribution in [2.24, 2.45) is 0 Å². The normalized spacial score (nSPS) is 10.9. The van der Waals surface area contributed by atoms with Crippen LogP contribution in [0.1, 0.15) is 10.4 Å². The number of carbonyl (C=O) groups excluding carboxylic acids is 1. The van der Waals surface area contributed by atoms with E-state index in [0.29, 0.717) is 0 Å². The molecule has 0 aromatic heterocycles. The highest BCUT2D eigenvalue weighted by molar-refractivity contribution is 14.1. The summed E-state index contributed by atoms with van der Waals surface area (Å²) in [5, 5.41) is 11.1. The molecule has 0 saturated heterocycles. The van der Waals surface area contributed by atoms with Crippen LogP contribution in [0.5, 0.6) is 5.75 Å². The largest absolute Gasteiger partial charge is 0.497 e. The van der Waals surface area contributed by atoms with Crippen molar-refractivity contribution in [2.75, 3.05) is 7.11 Å². The van der Waals surface area contributed by atoms with Crippen LogP contribution in [0.4, 0.5) is 5.69 Å². The van der Waals surface area contributed by atoms with Crippen molar-refractivity contribution in [3.63, 3.8) is 0 Å². The first-order chi connectivity index (χ1) is 11.2. The minimum Gasteiger partial charge on any atom is -0.497 e. The molecule has 2 aromatic rings. The van der Waals surface area contributed by atoms with E-state index in [1.807, 2.05) is 27.3 Å². The van der Waals surface area contributed by atoms with Gasteiger partial charge in [-0.2, -0.15) is 0 Å². The minimum absolute atomic E-state index is 0.127. The second kappa shape index (κ2) is 7.13. The van der Waals surface area contributed by atoms with E-state index in [2.05, 4.69) is 0 Å². The van der Waals surface area contributed by atoms with Gasteiger partial charge in [-0.05, 0) is 52.9 Å². The molecule has 0 aliphatic rings. The highest BCUT2D eigenvalue weighted by Gasteiger charge is 2.28. The second-order valence-corrected chi connectivity index (χ2v) is 7.43. The number of benzene rings is 2. The minimum atomic E-state index is -4.42. The van der Waals surface area contributed by atoms with Crippen molar-refractivity contribution < 1.29 is 22.9 Å². The number of halogens is 1. The summed E-state index contributed by atoms with van der Waals surface area (Å²) >= 11 is 1.98. The monoisotopic (exact) mass is 462 g/mol. The van der Waals surface area contributed by atoms with E-state index in [4.69, 9.17) is 4.74 Å². The molecule has 0 aliphatic carbocycles. The number of hydrogen-bond donors (Lipinski definition) is 1. The number of hydrogen-bond acceptors (Lipinski definition) is 6. The van der Waals surface area contributed by atoms with Crippen molar-refractivity contribution in [2.45, 2.75) is 4.90 Å². The molecule has 126 valence electrons. The zero-order valence-corrected chi connectivity index (χ0v) is 15.2. The third-order valence-electron chi connectivity index (χ3n) is 2.97. The summed E-state index contributed by atoms with van der Waals surface area (Å²) in [5.74, 6) is -0.747. The first kappa shape index (κ1) is 18.1. The topological polar surface area (TPSA) is 116 Å². The maximum atomic E-state index is 12.3. The van der Waals surface area contributed by atoms with Crippen molar-refractivity contribution in [3.05, 3.63) is 61.7 Å². The molecule has 10 heteroatoms. The molecule has 24 heavy (non-hydrogen) atoms. The predicted molar refractivity (Wildman–Crippen MR) is 93.5 cm³/mol. The van der Waals surface area contributed by atoms with Gasteiger partial charge >= 0.3 is 0 Å². The summed E-state index contributed by atoms with van der Waals surface area (Å²) < 4.78 is 32.1. The van der Waals surface area contributed by atoms with Crippen LogP contribution < -0.4 is 9.46 Å². The van der Waals surface area contributed by atoms with Crippen LogP contribution in [0, 0.1) is 13.7 Å². The Morgan fingerprint density at radius 1 is 1.25 bits per heavy atom.